The summed E-state index contributed by atoms with van der Waals surface area (Å²) in [4.78, 5) is 12.3. The lowest BCUT2D eigenvalue weighted by Gasteiger charge is -2.40. The van der Waals surface area contributed by atoms with Crippen molar-refractivity contribution < 1.29 is 9.53 Å². The molecule has 0 bridgehead atoms. The van der Waals surface area contributed by atoms with Crippen LogP contribution in [0.1, 0.15) is 80.6 Å². The van der Waals surface area contributed by atoms with E-state index in [4.69, 9.17) is 4.74 Å². The van der Waals surface area contributed by atoms with Gasteiger partial charge in [-0.3, -0.25) is 4.79 Å². The topological polar surface area (TPSA) is 26.3 Å². The van der Waals surface area contributed by atoms with Gasteiger partial charge in [-0.25, -0.2) is 0 Å². The van der Waals surface area contributed by atoms with Crippen molar-refractivity contribution in [2.45, 2.75) is 86.2 Å². The van der Waals surface area contributed by atoms with Gasteiger partial charge in [-0.05, 0) is 51.9 Å². The van der Waals surface area contributed by atoms with Gasteiger partial charge in [0.1, 0.15) is 5.60 Å². The van der Waals surface area contributed by atoms with Gasteiger partial charge in [0.05, 0.1) is 5.41 Å². The summed E-state index contributed by atoms with van der Waals surface area (Å²) in [6.45, 7) is 14.6. The Bertz CT molecular complexity index is 248. The molecule has 0 saturated heterocycles. The van der Waals surface area contributed by atoms with Gasteiger partial charge in [0.2, 0.25) is 0 Å². The Labute approximate surface area is 113 Å². The van der Waals surface area contributed by atoms with Crippen LogP contribution < -0.4 is 0 Å². The van der Waals surface area contributed by atoms with E-state index in [0.29, 0.717) is 5.92 Å². The van der Waals surface area contributed by atoms with Crippen LogP contribution in [0.2, 0.25) is 0 Å². The fraction of sp³-hybridized carbons (Fsp3) is 0.938. The van der Waals surface area contributed by atoms with Crippen LogP contribution in [0, 0.1) is 11.3 Å². The highest BCUT2D eigenvalue weighted by Crippen LogP contribution is 2.37. The first-order chi connectivity index (χ1) is 8.33. The Morgan fingerprint density at radius 2 is 1.39 bits per heavy atom. The van der Waals surface area contributed by atoms with Gasteiger partial charge < -0.3 is 4.74 Å². The molecule has 0 aromatic heterocycles. The zero-order chi connectivity index (χ0) is 14.4. The smallest absolute Gasteiger partial charge is 0.312 e. The second-order valence-corrected chi connectivity index (χ2v) is 5.91. The Morgan fingerprint density at radius 3 is 1.67 bits per heavy atom. The Hall–Kier alpha value is -0.530. The van der Waals surface area contributed by atoms with E-state index in [2.05, 4.69) is 27.7 Å². The molecule has 2 nitrogen and oxygen atoms in total. The molecule has 0 fully saturated rings. The molecule has 0 radical (unpaired) electrons. The highest BCUT2D eigenvalue weighted by Gasteiger charge is 2.40. The third kappa shape index (κ3) is 3.73. The highest BCUT2D eigenvalue weighted by molar-refractivity contribution is 5.76. The second kappa shape index (κ2) is 7.16. The molecule has 0 aromatic carbocycles. The number of carbonyl (C=O) groups is 1. The molecule has 0 rings (SSSR count). The van der Waals surface area contributed by atoms with Crippen molar-refractivity contribution in [2.75, 3.05) is 0 Å². The number of hydrogen-bond donors (Lipinski definition) is 0. The fourth-order valence-electron chi connectivity index (χ4n) is 2.55. The largest absolute Gasteiger partial charge is 0.458 e. The maximum atomic E-state index is 12.3. The normalized spacial score (nSPS) is 12.9. The highest BCUT2D eigenvalue weighted by atomic mass is 16.6. The van der Waals surface area contributed by atoms with Gasteiger partial charge in [-0.2, -0.15) is 0 Å². The summed E-state index contributed by atoms with van der Waals surface area (Å²) in [5, 5.41) is 0. The molecule has 0 N–H and O–H groups in total. The van der Waals surface area contributed by atoms with E-state index in [1.165, 1.54) is 0 Å². The molecule has 0 atom stereocenters. The standard InChI is InChI=1S/C16H32O2/c1-8-13(9-2)16(11-4,12-5)18-14(17)15(6,7)10-3/h13H,8-12H2,1-7H3. The summed E-state index contributed by atoms with van der Waals surface area (Å²) >= 11 is 0. The second-order valence-electron chi connectivity index (χ2n) is 5.91. The molecule has 0 aliphatic carbocycles. The van der Waals surface area contributed by atoms with Crippen molar-refractivity contribution in [1.82, 2.24) is 0 Å². The van der Waals surface area contributed by atoms with E-state index in [1.807, 2.05) is 20.8 Å². The number of esters is 1. The minimum absolute atomic E-state index is 0.0411. The van der Waals surface area contributed by atoms with Crippen LogP contribution in [0.25, 0.3) is 0 Å². The molecule has 108 valence electrons. The van der Waals surface area contributed by atoms with Crippen LogP contribution >= 0.6 is 0 Å². The van der Waals surface area contributed by atoms with E-state index >= 15 is 0 Å². The van der Waals surface area contributed by atoms with Gasteiger partial charge in [-0.1, -0.05) is 34.6 Å². The summed E-state index contributed by atoms with van der Waals surface area (Å²) < 4.78 is 6.00. The van der Waals surface area contributed by atoms with E-state index in [-0.39, 0.29) is 17.0 Å². The van der Waals surface area contributed by atoms with Gasteiger partial charge in [0.15, 0.2) is 0 Å². The van der Waals surface area contributed by atoms with Crippen molar-refractivity contribution in [2.24, 2.45) is 11.3 Å². The molecule has 0 heterocycles. The minimum atomic E-state index is -0.373. The summed E-state index contributed by atoms with van der Waals surface area (Å²) in [6, 6.07) is 0. The lowest BCUT2D eigenvalue weighted by atomic mass is 9.78. The van der Waals surface area contributed by atoms with Crippen molar-refractivity contribution in [1.29, 1.82) is 0 Å². The fourth-order valence-corrected chi connectivity index (χ4v) is 2.55. The zero-order valence-corrected chi connectivity index (χ0v) is 13.4. The minimum Gasteiger partial charge on any atom is -0.458 e. The molecule has 0 amide bonds. The SMILES string of the molecule is CCC(CC)C(CC)(CC)OC(=O)C(C)(C)CC. The van der Waals surface area contributed by atoms with Crippen molar-refractivity contribution >= 4 is 5.97 Å². The van der Waals surface area contributed by atoms with Crippen LogP contribution in [0.15, 0.2) is 0 Å². The lowest BCUT2D eigenvalue weighted by Crippen LogP contribution is -2.44. The molecule has 0 aliphatic heterocycles. The Morgan fingerprint density at radius 1 is 0.944 bits per heavy atom. The number of ether oxygens (including phenoxy) is 1. The van der Waals surface area contributed by atoms with E-state index in [1.54, 1.807) is 0 Å². The van der Waals surface area contributed by atoms with Gasteiger partial charge in [0.25, 0.3) is 0 Å². The summed E-state index contributed by atoms with van der Waals surface area (Å²) in [5.74, 6) is 0.421. The molecule has 18 heavy (non-hydrogen) atoms. The van der Waals surface area contributed by atoms with Gasteiger partial charge in [-0.15, -0.1) is 0 Å². The monoisotopic (exact) mass is 256 g/mol. The summed E-state index contributed by atoms with van der Waals surface area (Å²) in [5.41, 5.74) is -0.644. The number of rotatable bonds is 8. The first-order valence-corrected chi connectivity index (χ1v) is 7.56. The predicted molar refractivity (Wildman–Crippen MR) is 77.5 cm³/mol. The maximum absolute atomic E-state index is 12.3. The first-order valence-electron chi connectivity index (χ1n) is 7.56. The number of hydrogen-bond acceptors (Lipinski definition) is 2. The Kier molecular flexibility index (Phi) is 6.94. The summed E-state index contributed by atoms with van der Waals surface area (Å²) in [7, 11) is 0. The third-order valence-electron chi connectivity index (χ3n) is 4.66. The van der Waals surface area contributed by atoms with E-state index < -0.39 is 0 Å². The van der Waals surface area contributed by atoms with Crippen LogP contribution in [0.3, 0.4) is 0 Å². The van der Waals surface area contributed by atoms with Crippen molar-refractivity contribution in [3.63, 3.8) is 0 Å². The van der Waals surface area contributed by atoms with Crippen LogP contribution in [0.4, 0.5) is 0 Å². The summed E-state index contributed by atoms with van der Waals surface area (Å²) in [6.07, 6.45) is 4.76. The van der Waals surface area contributed by atoms with Crippen molar-refractivity contribution in [3.8, 4) is 0 Å². The maximum Gasteiger partial charge on any atom is 0.312 e. The molecular weight excluding hydrogens is 224 g/mol. The zero-order valence-electron chi connectivity index (χ0n) is 13.4. The molecule has 0 spiro atoms. The number of carbonyl (C=O) groups excluding carboxylic acids is 1. The van der Waals surface area contributed by atoms with Gasteiger partial charge >= 0.3 is 5.97 Å². The quantitative estimate of drug-likeness (QED) is 0.574. The van der Waals surface area contributed by atoms with E-state index in [9.17, 15) is 4.79 Å². The van der Waals surface area contributed by atoms with Crippen LogP contribution in [0.5, 0.6) is 0 Å². The molecule has 0 unspecified atom stereocenters. The van der Waals surface area contributed by atoms with Crippen molar-refractivity contribution in [3.05, 3.63) is 0 Å². The van der Waals surface area contributed by atoms with Crippen LogP contribution in [-0.4, -0.2) is 11.6 Å². The average Bonchev–Trinajstić information content (AvgIpc) is 2.38. The molecule has 0 aromatic rings. The molecular formula is C16H32O2. The molecule has 0 aliphatic rings. The first kappa shape index (κ1) is 17.5. The van der Waals surface area contributed by atoms with Crippen LogP contribution in [-0.2, 0) is 9.53 Å². The molecule has 2 heteroatoms. The molecule has 0 saturated carbocycles. The lowest BCUT2D eigenvalue weighted by molar-refractivity contribution is -0.179. The third-order valence-corrected chi connectivity index (χ3v) is 4.66. The van der Waals surface area contributed by atoms with Gasteiger partial charge in [0, 0.05) is 0 Å². The van der Waals surface area contributed by atoms with E-state index in [0.717, 1.165) is 32.1 Å². The average molecular weight is 256 g/mol. The predicted octanol–water partition coefficient (Wildman–Crippen LogP) is 4.96. The Balaban J connectivity index is 5.08.